The van der Waals surface area contributed by atoms with E-state index in [9.17, 15) is 17.2 Å². The number of rotatable bonds is 7. The molecule has 0 spiro atoms. The van der Waals surface area contributed by atoms with Crippen LogP contribution < -0.4 is 10.6 Å². The molecule has 0 aliphatic heterocycles. The Morgan fingerprint density at radius 2 is 1.79 bits per heavy atom. The fourth-order valence-electron chi connectivity index (χ4n) is 1.42. The number of nitrogens with zero attached hydrogens (tertiary/aromatic N) is 1. The normalized spacial score (nSPS) is 11.4. The number of halogens is 2. The van der Waals surface area contributed by atoms with Crippen molar-refractivity contribution in [3.05, 3.63) is 17.7 Å². The molecule has 1 heterocycles. The van der Waals surface area contributed by atoms with Crippen molar-refractivity contribution >= 4 is 21.5 Å². The first kappa shape index (κ1) is 15.6. The molecule has 0 amide bonds. The second kappa shape index (κ2) is 6.65. The summed E-state index contributed by atoms with van der Waals surface area (Å²) in [4.78, 5) is 3.77. The highest BCUT2D eigenvalue weighted by molar-refractivity contribution is 7.90. The van der Waals surface area contributed by atoms with Crippen LogP contribution in [-0.4, -0.2) is 38.5 Å². The molecule has 0 saturated heterocycles. The maximum absolute atomic E-state index is 13.4. The van der Waals surface area contributed by atoms with Crippen molar-refractivity contribution in [3.8, 4) is 0 Å². The second-order valence-corrected chi connectivity index (χ2v) is 6.35. The van der Waals surface area contributed by atoms with Gasteiger partial charge in [0.2, 0.25) is 0 Å². The number of anilines is 2. The van der Waals surface area contributed by atoms with E-state index in [1.807, 2.05) is 0 Å². The Bertz CT molecular complexity index is 535. The van der Waals surface area contributed by atoms with E-state index in [-0.39, 0.29) is 23.9 Å². The largest absolute Gasteiger partial charge is 0.368 e. The van der Waals surface area contributed by atoms with Crippen LogP contribution in [-0.2, 0) is 9.84 Å². The van der Waals surface area contributed by atoms with Crippen molar-refractivity contribution in [1.82, 2.24) is 4.98 Å². The first-order chi connectivity index (χ1) is 8.83. The third kappa shape index (κ3) is 5.37. The zero-order valence-electron chi connectivity index (χ0n) is 10.8. The summed E-state index contributed by atoms with van der Waals surface area (Å²) in [6.07, 6.45) is 1.46. The summed E-state index contributed by atoms with van der Waals surface area (Å²) in [6, 6.07) is 0.740. The van der Waals surface area contributed by atoms with Crippen LogP contribution in [0.1, 0.15) is 13.3 Å². The van der Waals surface area contributed by atoms with E-state index in [1.165, 1.54) is 0 Å². The van der Waals surface area contributed by atoms with Crippen LogP contribution in [0, 0.1) is 11.6 Å². The van der Waals surface area contributed by atoms with Gasteiger partial charge in [-0.15, -0.1) is 0 Å². The Morgan fingerprint density at radius 3 is 2.32 bits per heavy atom. The number of hydrogen-bond acceptors (Lipinski definition) is 5. The van der Waals surface area contributed by atoms with Gasteiger partial charge >= 0.3 is 0 Å². The molecule has 1 rings (SSSR count). The molecule has 0 aliphatic rings. The zero-order chi connectivity index (χ0) is 14.5. The maximum atomic E-state index is 13.4. The summed E-state index contributed by atoms with van der Waals surface area (Å²) in [6.45, 7) is 2.47. The number of hydrogen-bond donors (Lipinski definition) is 2. The predicted molar refractivity (Wildman–Crippen MR) is 71.1 cm³/mol. The molecule has 0 bridgehead atoms. The van der Waals surface area contributed by atoms with Gasteiger partial charge in [0.05, 0.1) is 5.75 Å². The molecule has 108 valence electrons. The lowest BCUT2D eigenvalue weighted by atomic mass is 10.3. The average molecular weight is 293 g/mol. The summed E-state index contributed by atoms with van der Waals surface area (Å²) in [5, 5.41) is 5.32. The molecule has 0 radical (unpaired) electrons. The van der Waals surface area contributed by atoms with E-state index in [0.717, 1.165) is 12.3 Å². The van der Waals surface area contributed by atoms with Crippen LogP contribution in [0.4, 0.5) is 20.4 Å². The van der Waals surface area contributed by atoms with Crippen molar-refractivity contribution in [2.45, 2.75) is 13.3 Å². The molecular formula is C11H17F2N3O2S. The van der Waals surface area contributed by atoms with Crippen molar-refractivity contribution in [3.63, 3.8) is 0 Å². The SMILES string of the molecule is CCNc1nc(NCCCS(C)(=O)=O)c(F)cc1F. The van der Waals surface area contributed by atoms with Crippen LogP contribution in [0.3, 0.4) is 0 Å². The van der Waals surface area contributed by atoms with Gasteiger partial charge in [-0.3, -0.25) is 0 Å². The number of aromatic nitrogens is 1. The standard InChI is InChI=1S/C11H17F2N3O2S/c1-3-14-10-8(12)7-9(13)11(16-10)15-5-4-6-19(2,17)18/h7H,3-6H2,1-2H3,(H2,14,15,16). The van der Waals surface area contributed by atoms with Gasteiger partial charge in [-0.25, -0.2) is 22.2 Å². The molecule has 0 aromatic carbocycles. The van der Waals surface area contributed by atoms with Gasteiger partial charge in [0.25, 0.3) is 0 Å². The van der Waals surface area contributed by atoms with Crippen molar-refractivity contribution in [2.24, 2.45) is 0 Å². The molecule has 0 saturated carbocycles. The van der Waals surface area contributed by atoms with Gasteiger partial charge in [0.15, 0.2) is 23.3 Å². The van der Waals surface area contributed by atoms with Gasteiger partial charge in [0, 0.05) is 25.4 Å². The summed E-state index contributed by atoms with van der Waals surface area (Å²) >= 11 is 0. The summed E-state index contributed by atoms with van der Waals surface area (Å²) in [5.41, 5.74) is 0. The molecule has 0 aliphatic carbocycles. The van der Waals surface area contributed by atoms with Gasteiger partial charge in [0.1, 0.15) is 9.84 Å². The Hall–Kier alpha value is -1.44. The Balaban J connectivity index is 2.65. The smallest absolute Gasteiger partial charge is 0.168 e. The molecule has 0 atom stereocenters. The lowest BCUT2D eigenvalue weighted by molar-refractivity contribution is 0.578. The molecule has 8 heteroatoms. The van der Waals surface area contributed by atoms with Gasteiger partial charge in [-0.1, -0.05) is 0 Å². The lowest BCUT2D eigenvalue weighted by Gasteiger charge is -2.10. The monoisotopic (exact) mass is 293 g/mol. The average Bonchev–Trinajstić information content (AvgIpc) is 2.28. The highest BCUT2D eigenvalue weighted by atomic mass is 32.2. The van der Waals surface area contributed by atoms with Crippen molar-refractivity contribution in [2.75, 3.05) is 35.7 Å². The van der Waals surface area contributed by atoms with Crippen LogP contribution in [0.25, 0.3) is 0 Å². The highest BCUT2D eigenvalue weighted by Crippen LogP contribution is 2.18. The fourth-order valence-corrected chi connectivity index (χ4v) is 2.09. The topological polar surface area (TPSA) is 71.1 Å². The van der Waals surface area contributed by atoms with Crippen LogP contribution >= 0.6 is 0 Å². The lowest BCUT2D eigenvalue weighted by Crippen LogP contribution is -2.13. The quantitative estimate of drug-likeness (QED) is 0.748. The minimum atomic E-state index is -3.04. The molecule has 1 aromatic rings. The Morgan fingerprint density at radius 1 is 1.21 bits per heavy atom. The van der Waals surface area contributed by atoms with Gasteiger partial charge in [-0.2, -0.15) is 0 Å². The van der Waals surface area contributed by atoms with Crippen LogP contribution in [0.2, 0.25) is 0 Å². The minimum Gasteiger partial charge on any atom is -0.368 e. The van der Waals surface area contributed by atoms with Crippen LogP contribution in [0.15, 0.2) is 6.07 Å². The van der Waals surface area contributed by atoms with Crippen molar-refractivity contribution in [1.29, 1.82) is 0 Å². The van der Waals surface area contributed by atoms with E-state index in [4.69, 9.17) is 0 Å². The molecule has 1 aromatic heterocycles. The highest BCUT2D eigenvalue weighted by Gasteiger charge is 2.11. The fraction of sp³-hybridized carbons (Fsp3) is 0.545. The maximum Gasteiger partial charge on any atom is 0.168 e. The Kier molecular flexibility index (Phi) is 5.46. The zero-order valence-corrected chi connectivity index (χ0v) is 11.7. The first-order valence-corrected chi connectivity index (χ1v) is 7.91. The van der Waals surface area contributed by atoms with E-state index >= 15 is 0 Å². The Labute approximate surface area is 111 Å². The third-order valence-corrected chi connectivity index (χ3v) is 3.29. The van der Waals surface area contributed by atoms with Gasteiger partial charge < -0.3 is 10.6 Å². The molecular weight excluding hydrogens is 276 g/mol. The van der Waals surface area contributed by atoms with E-state index < -0.39 is 21.5 Å². The second-order valence-electron chi connectivity index (χ2n) is 4.09. The number of sulfone groups is 1. The molecule has 2 N–H and O–H groups in total. The summed E-state index contributed by atoms with van der Waals surface area (Å²) in [5.74, 6) is -1.69. The third-order valence-electron chi connectivity index (χ3n) is 2.26. The summed E-state index contributed by atoms with van der Waals surface area (Å²) < 4.78 is 48.5. The van der Waals surface area contributed by atoms with E-state index in [2.05, 4.69) is 15.6 Å². The number of nitrogens with one attached hydrogen (secondary N) is 2. The predicted octanol–water partition coefficient (Wildman–Crippen LogP) is 1.64. The first-order valence-electron chi connectivity index (χ1n) is 5.85. The van der Waals surface area contributed by atoms with Gasteiger partial charge in [-0.05, 0) is 13.3 Å². The van der Waals surface area contributed by atoms with Crippen molar-refractivity contribution < 1.29 is 17.2 Å². The molecule has 5 nitrogen and oxygen atoms in total. The van der Waals surface area contributed by atoms with E-state index in [1.54, 1.807) is 6.92 Å². The number of pyridine rings is 1. The minimum absolute atomic E-state index is 0.00286. The molecule has 0 unspecified atom stereocenters. The van der Waals surface area contributed by atoms with Crippen LogP contribution in [0.5, 0.6) is 0 Å². The summed E-state index contributed by atoms with van der Waals surface area (Å²) in [7, 11) is -3.04. The molecule has 0 fully saturated rings. The molecule has 19 heavy (non-hydrogen) atoms. The van der Waals surface area contributed by atoms with E-state index in [0.29, 0.717) is 13.0 Å².